The van der Waals surface area contributed by atoms with E-state index in [1.165, 1.54) is 5.56 Å². The highest BCUT2D eigenvalue weighted by molar-refractivity contribution is 5.99. The number of esters is 1. The number of anilines is 3. The summed E-state index contributed by atoms with van der Waals surface area (Å²) in [5.74, 6) is -0.343. The van der Waals surface area contributed by atoms with Gasteiger partial charge in [0.2, 0.25) is 17.8 Å². The van der Waals surface area contributed by atoms with Crippen molar-refractivity contribution in [3.05, 3.63) is 35.7 Å². The van der Waals surface area contributed by atoms with Crippen molar-refractivity contribution in [2.24, 2.45) is 5.92 Å². The van der Waals surface area contributed by atoms with Gasteiger partial charge in [-0.3, -0.25) is 9.59 Å². The molecule has 1 atom stereocenters. The first kappa shape index (κ1) is 21.5. The molecule has 2 N–H and O–H groups in total. The Morgan fingerprint density at radius 2 is 1.97 bits per heavy atom. The number of unbranched alkanes of at least 4 members (excludes halogenated alkanes) is 1. The third-order valence-electron chi connectivity index (χ3n) is 4.96. The first-order valence-electron chi connectivity index (χ1n) is 10.1. The Labute approximate surface area is 176 Å². The van der Waals surface area contributed by atoms with Gasteiger partial charge in [0.1, 0.15) is 0 Å². The van der Waals surface area contributed by atoms with Crippen molar-refractivity contribution in [3.63, 3.8) is 0 Å². The molecule has 1 saturated heterocycles. The van der Waals surface area contributed by atoms with E-state index in [0.717, 1.165) is 24.9 Å². The van der Waals surface area contributed by atoms with Crippen molar-refractivity contribution in [3.8, 4) is 0 Å². The third-order valence-corrected chi connectivity index (χ3v) is 4.96. The van der Waals surface area contributed by atoms with E-state index < -0.39 is 11.9 Å². The second-order valence-electron chi connectivity index (χ2n) is 7.59. The quantitative estimate of drug-likeness (QED) is 0.655. The molecule has 0 spiro atoms. The van der Waals surface area contributed by atoms with Crippen LogP contribution in [0.15, 0.2) is 24.3 Å². The monoisotopic (exact) mass is 412 g/mol. The van der Waals surface area contributed by atoms with E-state index in [4.69, 9.17) is 10.5 Å². The molecular weight excluding hydrogens is 384 g/mol. The van der Waals surface area contributed by atoms with Crippen LogP contribution in [0.5, 0.6) is 0 Å². The maximum Gasteiger partial charge on any atom is 0.311 e. The van der Waals surface area contributed by atoms with E-state index in [1.807, 2.05) is 24.3 Å². The summed E-state index contributed by atoms with van der Waals surface area (Å²) in [5, 5.41) is 0. The molecule has 1 aromatic carbocycles. The number of amides is 1. The SMILES string of the molecule is CCCCc1ccc(N2C[C@H](C(=O)OCc3nc(N)nc(N(C)C)n3)CC2=O)cc1. The molecule has 1 aromatic heterocycles. The molecule has 9 nitrogen and oxygen atoms in total. The molecule has 2 aromatic rings. The van der Waals surface area contributed by atoms with Crippen LogP contribution in [0.4, 0.5) is 17.6 Å². The fourth-order valence-corrected chi connectivity index (χ4v) is 3.28. The number of rotatable bonds is 8. The van der Waals surface area contributed by atoms with Crippen LogP contribution in [-0.4, -0.2) is 47.5 Å². The zero-order chi connectivity index (χ0) is 21.7. The minimum Gasteiger partial charge on any atom is -0.457 e. The van der Waals surface area contributed by atoms with Crippen LogP contribution in [0, 0.1) is 5.92 Å². The number of ether oxygens (including phenoxy) is 1. The Hall–Kier alpha value is -3.23. The van der Waals surface area contributed by atoms with Gasteiger partial charge in [0.15, 0.2) is 12.4 Å². The lowest BCUT2D eigenvalue weighted by Crippen LogP contribution is -2.26. The summed E-state index contributed by atoms with van der Waals surface area (Å²) in [4.78, 5) is 40.5. The highest BCUT2D eigenvalue weighted by atomic mass is 16.5. The van der Waals surface area contributed by atoms with Crippen molar-refractivity contribution in [2.75, 3.05) is 36.2 Å². The molecule has 0 radical (unpaired) electrons. The molecule has 3 rings (SSSR count). The van der Waals surface area contributed by atoms with Gasteiger partial charge in [0.05, 0.1) is 5.92 Å². The van der Waals surface area contributed by atoms with E-state index in [1.54, 1.807) is 23.9 Å². The van der Waals surface area contributed by atoms with Gasteiger partial charge < -0.3 is 20.3 Å². The number of nitrogens with two attached hydrogens (primary N) is 1. The number of hydrogen-bond donors (Lipinski definition) is 1. The fourth-order valence-electron chi connectivity index (χ4n) is 3.28. The molecule has 0 unspecified atom stereocenters. The molecule has 1 aliphatic heterocycles. The molecule has 9 heteroatoms. The zero-order valence-electron chi connectivity index (χ0n) is 17.7. The second-order valence-corrected chi connectivity index (χ2v) is 7.59. The van der Waals surface area contributed by atoms with Crippen LogP contribution in [0.2, 0.25) is 0 Å². The van der Waals surface area contributed by atoms with Crippen LogP contribution < -0.4 is 15.5 Å². The van der Waals surface area contributed by atoms with E-state index >= 15 is 0 Å². The minimum absolute atomic E-state index is 0.0596. The van der Waals surface area contributed by atoms with Gasteiger partial charge in [-0.2, -0.15) is 15.0 Å². The smallest absolute Gasteiger partial charge is 0.311 e. The third kappa shape index (κ3) is 5.22. The minimum atomic E-state index is -0.523. The zero-order valence-corrected chi connectivity index (χ0v) is 17.7. The summed E-state index contributed by atoms with van der Waals surface area (Å²) < 4.78 is 5.35. The molecule has 0 aliphatic carbocycles. The van der Waals surface area contributed by atoms with Gasteiger partial charge in [-0.15, -0.1) is 0 Å². The van der Waals surface area contributed by atoms with Gasteiger partial charge in [-0.05, 0) is 30.5 Å². The molecule has 0 bridgehead atoms. The Balaban J connectivity index is 1.58. The van der Waals surface area contributed by atoms with Crippen LogP contribution in [0.1, 0.15) is 37.6 Å². The lowest BCUT2D eigenvalue weighted by molar-refractivity contribution is -0.149. The average molecular weight is 412 g/mol. The molecule has 1 amide bonds. The average Bonchev–Trinajstić information content (AvgIpc) is 3.12. The summed E-state index contributed by atoms with van der Waals surface area (Å²) in [7, 11) is 3.55. The summed E-state index contributed by atoms with van der Waals surface area (Å²) in [5.41, 5.74) is 7.73. The highest BCUT2D eigenvalue weighted by Crippen LogP contribution is 2.26. The van der Waals surface area contributed by atoms with Gasteiger partial charge in [-0.25, -0.2) is 0 Å². The number of carbonyl (C=O) groups excluding carboxylic acids is 2. The van der Waals surface area contributed by atoms with Crippen LogP contribution >= 0.6 is 0 Å². The topological polar surface area (TPSA) is 115 Å². The summed E-state index contributed by atoms with van der Waals surface area (Å²) in [6.45, 7) is 2.34. The van der Waals surface area contributed by atoms with E-state index in [0.29, 0.717) is 12.5 Å². The van der Waals surface area contributed by atoms with Crippen LogP contribution in [0.25, 0.3) is 0 Å². The van der Waals surface area contributed by atoms with Crippen LogP contribution in [0.3, 0.4) is 0 Å². The number of aromatic nitrogens is 3. The number of nitrogens with zero attached hydrogens (tertiary/aromatic N) is 5. The van der Waals surface area contributed by atoms with Gasteiger partial charge >= 0.3 is 5.97 Å². The Morgan fingerprint density at radius 3 is 2.63 bits per heavy atom. The Morgan fingerprint density at radius 1 is 1.23 bits per heavy atom. The van der Waals surface area contributed by atoms with Crippen LogP contribution in [-0.2, 0) is 27.4 Å². The van der Waals surface area contributed by atoms with Gasteiger partial charge in [0, 0.05) is 32.7 Å². The second kappa shape index (κ2) is 9.51. The molecule has 1 aliphatic rings. The van der Waals surface area contributed by atoms with Crippen molar-refractivity contribution in [1.29, 1.82) is 0 Å². The number of carbonyl (C=O) groups is 2. The molecule has 2 heterocycles. The number of nitrogen functional groups attached to an aromatic ring is 1. The summed E-state index contributed by atoms with van der Waals surface area (Å²) in [6, 6.07) is 7.95. The summed E-state index contributed by atoms with van der Waals surface area (Å²) in [6.07, 6.45) is 3.43. The highest BCUT2D eigenvalue weighted by Gasteiger charge is 2.36. The van der Waals surface area contributed by atoms with E-state index in [9.17, 15) is 9.59 Å². The number of benzene rings is 1. The molecule has 0 saturated carbocycles. The fraction of sp³-hybridized carbons (Fsp3) is 0.476. The maximum absolute atomic E-state index is 12.5. The van der Waals surface area contributed by atoms with E-state index in [2.05, 4.69) is 21.9 Å². The molecular formula is C21H28N6O3. The lowest BCUT2D eigenvalue weighted by Gasteiger charge is -2.17. The van der Waals surface area contributed by atoms with Gasteiger partial charge in [-0.1, -0.05) is 25.5 Å². The molecule has 1 fully saturated rings. The lowest BCUT2D eigenvalue weighted by atomic mass is 10.1. The number of aryl methyl sites for hydroxylation is 1. The standard InChI is InChI=1S/C21H28N6O3/c1-4-5-6-14-7-9-16(10-8-14)27-12-15(11-18(27)28)19(29)30-13-17-23-20(22)25-21(24-17)26(2)3/h7-10,15H,4-6,11-13H2,1-3H3,(H2,22,23,24,25)/t15-/m1/s1. The van der Waals surface area contributed by atoms with E-state index in [-0.39, 0.29) is 30.7 Å². The van der Waals surface area contributed by atoms with Crippen molar-refractivity contribution in [2.45, 2.75) is 39.2 Å². The van der Waals surface area contributed by atoms with Crippen molar-refractivity contribution in [1.82, 2.24) is 15.0 Å². The predicted octanol–water partition coefficient (Wildman–Crippen LogP) is 1.96. The Bertz CT molecular complexity index is 900. The van der Waals surface area contributed by atoms with Crippen molar-refractivity contribution >= 4 is 29.5 Å². The normalized spacial score (nSPS) is 16.0. The first-order chi connectivity index (χ1) is 14.4. The first-order valence-corrected chi connectivity index (χ1v) is 10.1. The summed E-state index contributed by atoms with van der Waals surface area (Å²) >= 11 is 0. The van der Waals surface area contributed by atoms with Crippen molar-refractivity contribution < 1.29 is 14.3 Å². The predicted molar refractivity (Wildman–Crippen MR) is 114 cm³/mol. The Kier molecular flexibility index (Phi) is 6.81. The maximum atomic E-state index is 12.5. The number of hydrogen-bond acceptors (Lipinski definition) is 8. The van der Waals surface area contributed by atoms with Gasteiger partial charge in [0.25, 0.3) is 0 Å². The molecule has 30 heavy (non-hydrogen) atoms. The largest absolute Gasteiger partial charge is 0.457 e. The molecule has 160 valence electrons.